The fourth-order valence-electron chi connectivity index (χ4n) is 3.45. The van der Waals surface area contributed by atoms with Crippen LogP contribution in [0.3, 0.4) is 0 Å². The van der Waals surface area contributed by atoms with Gasteiger partial charge in [-0.15, -0.1) is 0 Å². The highest BCUT2D eigenvalue weighted by atomic mass is 35.5. The Morgan fingerprint density at radius 1 is 1.04 bits per heavy atom. The maximum Gasteiger partial charge on any atom is 0.138 e. The third kappa shape index (κ3) is 3.55. The van der Waals surface area contributed by atoms with Gasteiger partial charge >= 0.3 is 0 Å². The first-order valence-corrected chi connectivity index (χ1v) is 8.98. The number of halogens is 1. The molecule has 1 aromatic heterocycles. The number of nitrogens with one attached hydrogen (secondary N) is 1. The summed E-state index contributed by atoms with van der Waals surface area (Å²) in [5.41, 5.74) is 3.24. The number of piperazine rings is 1. The molecule has 128 valence electrons. The molecule has 0 aliphatic carbocycles. The zero-order chi connectivity index (χ0) is 17.2. The third-order valence-corrected chi connectivity index (χ3v) is 5.20. The second-order valence-electron chi connectivity index (χ2n) is 6.56. The lowest BCUT2D eigenvalue weighted by molar-refractivity contribution is -0.914. The van der Waals surface area contributed by atoms with E-state index in [0.717, 1.165) is 49.2 Å². The van der Waals surface area contributed by atoms with Crippen LogP contribution in [0.15, 0.2) is 54.6 Å². The van der Waals surface area contributed by atoms with E-state index < -0.39 is 0 Å². The summed E-state index contributed by atoms with van der Waals surface area (Å²) < 4.78 is 0. The lowest BCUT2D eigenvalue weighted by atomic mass is 10.1. The van der Waals surface area contributed by atoms with E-state index in [1.165, 1.54) is 10.6 Å². The molecule has 1 saturated heterocycles. The van der Waals surface area contributed by atoms with Crippen LogP contribution in [0.1, 0.15) is 5.56 Å². The lowest BCUT2D eigenvalue weighted by Crippen LogP contribution is -3.13. The number of aromatic nitrogens is 1. The van der Waals surface area contributed by atoms with Crippen LogP contribution >= 0.6 is 11.6 Å². The number of hydrogen-bond acceptors (Lipinski definition) is 3. The van der Waals surface area contributed by atoms with E-state index in [2.05, 4.69) is 22.0 Å². The minimum absolute atomic E-state index is 0.312. The monoisotopic (exact) mass is 354 g/mol. The Morgan fingerprint density at radius 3 is 2.52 bits per heavy atom. The molecule has 0 saturated carbocycles. The van der Waals surface area contributed by atoms with Crippen molar-refractivity contribution in [3.63, 3.8) is 0 Å². The second-order valence-corrected chi connectivity index (χ2v) is 6.92. The Kier molecular flexibility index (Phi) is 4.47. The average molecular weight is 355 g/mol. The van der Waals surface area contributed by atoms with E-state index in [9.17, 15) is 5.11 Å². The van der Waals surface area contributed by atoms with E-state index in [4.69, 9.17) is 11.6 Å². The van der Waals surface area contributed by atoms with Crippen LogP contribution in [0, 0.1) is 0 Å². The van der Waals surface area contributed by atoms with Gasteiger partial charge in [0, 0.05) is 16.6 Å². The van der Waals surface area contributed by atoms with Gasteiger partial charge in [-0.3, -0.25) is 0 Å². The number of hydrogen-bond donors (Lipinski definition) is 2. The van der Waals surface area contributed by atoms with Gasteiger partial charge in [-0.25, -0.2) is 4.98 Å². The van der Waals surface area contributed by atoms with Crippen LogP contribution in [0.4, 0.5) is 5.69 Å². The normalized spacial score (nSPS) is 15.6. The molecular weight excluding hydrogens is 334 g/mol. The molecule has 1 fully saturated rings. The number of phenolic OH excluding ortho intramolecular Hbond substituents is 1. The number of benzene rings is 2. The molecule has 25 heavy (non-hydrogen) atoms. The fourth-order valence-corrected chi connectivity index (χ4v) is 3.66. The van der Waals surface area contributed by atoms with Crippen molar-refractivity contribution in [3.8, 4) is 5.75 Å². The first kappa shape index (κ1) is 16.2. The molecule has 1 aliphatic rings. The number of rotatable bonds is 3. The minimum atomic E-state index is 0.312. The number of quaternary nitrogens is 1. The molecule has 0 bridgehead atoms. The van der Waals surface area contributed by atoms with Gasteiger partial charge in [-0.05, 0) is 36.4 Å². The SMILES string of the molecule is Oc1ccc(N2CC[NH+](Cc3cc4ccccc4nc3Cl)CC2)cc1. The molecule has 5 heteroatoms. The highest BCUT2D eigenvalue weighted by molar-refractivity contribution is 6.30. The van der Waals surface area contributed by atoms with Gasteiger partial charge in [0.25, 0.3) is 0 Å². The van der Waals surface area contributed by atoms with E-state index in [1.807, 2.05) is 30.3 Å². The Bertz CT molecular complexity index is 874. The summed E-state index contributed by atoms with van der Waals surface area (Å²) in [5.74, 6) is 0.312. The zero-order valence-electron chi connectivity index (χ0n) is 14.0. The molecule has 0 unspecified atom stereocenters. The molecule has 2 aromatic carbocycles. The highest BCUT2D eigenvalue weighted by Gasteiger charge is 2.21. The van der Waals surface area contributed by atoms with Crippen molar-refractivity contribution in [2.45, 2.75) is 6.54 Å². The summed E-state index contributed by atoms with van der Waals surface area (Å²) in [6, 6.07) is 17.7. The predicted molar refractivity (Wildman–Crippen MR) is 101 cm³/mol. The molecule has 0 atom stereocenters. The predicted octanol–water partition coefficient (Wildman–Crippen LogP) is 2.50. The number of phenols is 1. The van der Waals surface area contributed by atoms with Crippen LogP contribution in [0.2, 0.25) is 5.15 Å². The molecule has 2 heterocycles. The van der Waals surface area contributed by atoms with E-state index in [1.54, 1.807) is 12.1 Å². The standard InChI is InChI=1S/C20H20ClN3O/c21-20-16(13-15-3-1-2-4-19(15)22-20)14-23-9-11-24(12-10-23)17-5-7-18(25)8-6-17/h1-8,13,25H,9-12,14H2/p+1. The quantitative estimate of drug-likeness (QED) is 0.710. The fraction of sp³-hybridized carbons (Fsp3) is 0.250. The van der Waals surface area contributed by atoms with E-state index >= 15 is 0 Å². The zero-order valence-corrected chi connectivity index (χ0v) is 14.7. The first-order valence-electron chi connectivity index (χ1n) is 8.61. The Labute approximate surface area is 152 Å². The molecule has 3 aromatic rings. The Morgan fingerprint density at radius 2 is 1.76 bits per heavy atom. The van der Waals surface area contributed by atoms with Crippen molar-refractivity contribution in [1.82, 2.24) is 4.98 Å². The Balaban J connectivity index is 1.43. The second kappa shape index (κ2) is 6.90. The molecule has 0 radical (unpaired) electrons. The number of pyridine rings is 1. The summed E-state index contributed by atoms with van der Waals surface area (Å²) in [6.07, 6.45) is 0. The molecule has 2 N–H and O–H groups in total. The van der Waals surface area contributed by atoms with Gasteiger partial charge in [0.05, 0.1) is 31.7 Å². The largest absolute Gasteiger partial charge is 0.508 e. The van der Waals surface area contributed by atoms with E-state index in [-0.39, 0.29) is 0 Å². The van der Waals surface area contributed by atoms with Crippen molar-refractivity contribution < 1.29 is 10.0 Å². The maximum absolute atomic E-state index is 9.42. The summed E-state index contributed by atoms with van der Waals surface area (Å²) in [7, 11) is 0. The molecule has 4 rings (SSSR count). The number of nitrogens with zero attached hydrogens (tertiary/aromatic N) is 2. The molecule has 0 amide bonds. The summed E-state index contributed by atoms with van der Waals surface area (Å²) >= 11 is 6.40. The van der Waals surface area contributed by atoms with Crippen molar-refractivity contribution in [2.24, 2.45) is 0 Å². The number of anilines is 1. The number of aromatic hydroxyl groups is 1. The van der Waals surface area contributed by atoms with Crippen LogP contribution in [-0.2, 0) is 6.54 Å². The highest BCUT2D eigenvalue weighted by Crippen LogP contribution is 2.20. The van der Waals surface area contributed by atoms with Crippen molar-refractivity contribution in [1.29, 1.82) is 0 Å². The molecular formula is C20H21ClN3O+. The average Bonchev–Trinajstić information content (AvgIpc) is 2.64. The van der Waals surface area contributed by atoms with Gasteiger partial charge in [-0.1, -0.05) is 29.8 Å². The van der Waals surface area contributed by atoms with Gasteiger partial charge in [0.15, 0.2) is 0 Å². The number of para-hydroxylation sites is 1. The van der Waals surface area contributed by atoms with Gasteiger partial charge < -0.3 is 14.9 Å². The molecule has 1 aliphatic heterocycles. The van der Waals surface area contributed by atoms with Crippen LogP contribution in [0.5, 0.6) is 5.75 Å². The van der Waals surface area contributed by atoms with Gasteiger partial charge in [0.2, 0.25) is 0 Å². The Hall–Kier alpha value is -2.30. The summed E-state index contributed by atoms with van der Waals surface area (Å²) in [5, 5.41) is 11.2. The van der Waals surface area contributed by atoms with Gasteiger partial charge in [-0.2, -0.15) is 0 Å². The lowest BCUT2D eigenvalue weighted by Gasteiger charge is -2.33. The van der Waals surface area contributed by atoms with Gasteiger partial charge in [0.1, 0.15) is 17.4 Å². The maximum atomic E-state index is 9.42. The van der Waals surface area contributed by atoms with Crippen LogP contribution in [0.25, 0.3) is 10.9 Å². The van der Waals surface area contributed by atoms with Crippen LogP contribution < -0.4 is 9.80 Å². The third-order valence-electron chi connectivity index (χ3n) is 4.88. The molecule has 4 nitrogen and oxygen atoms in total. The summed E-state index contributed by atoms with van der Waals surface area (Å²) in [6.45, 7) is 5.02. The van der Waals surface area contributed by atoms with Crippen molar-refractivity contribution in [3.05, 3.63) is 65.3 Å². The summed E-state index contributed by atoms with van der Waals surface area (Å²) in [4.78, 5) is 8.42. The van der Waals surface area contributed by atoms with Crippen LogP contribution in [-0.4, -0.2) is 36.3 Å². The molecule has 0 spiro atoms. The van der Waals surface area contributed by atoms with E-state index in [0.29, 0.717) is 10.9 Å². The topological polar surface area (TPSA) is 40.8 Å². The minimum Gasteiger partial charge on any atom is -0.508 e. The first-order chi connectivity index (χ1) is 12.2. The smallest absolute Gasteiger partial charge is 0.138 e. The van der Waals surface area contributed by atoms with Crippen molar-refractivity contribution >= 4 is 28.2 Å². The number of fused-ring (bicyclic) bond motifs is 1. The van der Waals surface area contributed by atoms with Crippen molar-refractivity contribution in [2.75, 3.05) is 31.1 Å².